The van der Waals surface area contributed by atoms with Crippen LogP contribution in [0.3, 0.4) is 0 Å². The monoisotopic (exact) mass is 605 g/mol. The molecule has 2 aromatic carbocycles. The number of nitrogens with zero attached hydrogens (tertiary/aromatic N) is 2. The molecule has 1 heterocycles. The van der Waals surface area contributed by atoms with Gasteiger partial charge in [-0.1, -0.05) is 62.9 Å². The molecule has 41 heavy (non-hydrogen) atoms. The van der Waals surface area contributed by atoms with Crippen LogP contribution in [0.15, 0.2) is 47.4 Å². The fourth-order valence-corrected chi connectivity index (χ4v) is 7.61. The van der Waals surface area contributed by atoms with E-state index < -0.39 is 28.1 Å². The summed E-state index contributed by atoms with van der Waals surface area (Å²) in [6, 6.07) is 11.5. The molecule has 2 aliphatic rings. The van der Waals surface area contributed by atoms with Crippen molar-refractivity contribution in [3.8, 4) is 0 Å². The van der Waals surface area contributed by atoms with Gasteiger partial charge in [0.25, 0.3) is 0 Å². The second kappa shape index (κ2) is 13.4. The fraction of sp³-hybridized carbons (Fsp3) is 0.533. The van der Waals surface area contributed by atoms with Crippen molar-refractivity contribution in [2.24, 2.45) is 11.8 Å². The molecular formula is C30H40ClN3O6S. The number of para-hydroxylation sites is 1. The molecule has 0 aromatic heterocycles. The molecule has 1 aliphatic carbocycles. The quantitative estimate of drug-likeness (QED) is 0.369. The standard InChI is InChI=1S/C30H40ClN3O6S/c1-20(2)19-40-30(37)32-25(29(35)36)15-14-22-16-28-26(17-24(22)31)34(23-12-8-5-9-13-23)18-27(33(3)41(28,38)39)21-10-6-4-7-11-21/h5,8-9,12-13,16-17,20-21,25,27H,4,6-7,10-11,14-15,18-19H2,1-3H3,(H,32,37)(H,35,36)/t25-,27+/m1/s1. The maximum atomic E-state index is 14.1. The van der Waals surface area contributed by atoms with Gasteiger partial charge in [0.05, 0.1) is 12.3 Å². The highest BCUT2D eigenvalue weighted by Crippen LogP contribution is 2.42. The first kappa shape index (κ1) is 31.1. The summed E-state index contributed by atoms with van der Waals surface area (Å²) in [5.74, 6) is -0.859. The lowest BCUT2D eigenvalue weighted by molar-refractivity contribution is -0.139. The van der Waals surface area contributed by atoms with Gasteiger partial charge in [-0.3, -0.25) is 0 Å². The van der Waals surface area contributed by atoms with Crippen molar-refractivity contribution in [2.75, 3.05) is 25.1 Å². The minimum atomic E-state index is -3.90. The van der Waals surface area contributed by atoms with Crippen molar-refractivity contribution < 1.29 is 27.9 Å². The minimum absolute atomic E-state index is 0.00754. The number of amides is 1. The molecule has 1 amide bonds. The summed E-state index contributed by atoms with van der Waals surface area (Å²) in [7, 11) is -2.24. The van der Waals surface area contributed by atoms with E-state index in [1.54, 1.807) is 19.2 Å². The fourth-order valence-electron chi connectivity index (χ4n) is 5.73. The normalized spacial score (nSPS) is 20.2. The number of fused-ring (bicyclic) bond motifs is 1. The summed E-state index contributed by atoms with van der Waals surface area (Å²) in [4.78, 5) is 26.2. The van der Waals surface area contributed by atoms with Crippen LogP contribution in [-0.2, 0) is 26.0 Å². The molecule has 0 unspecified atom stereocenters. The number of carbonyl (C=O) groups excluding carboxylic acids is 1. The predicted molar refractivity (Wildman–Crippen MR) is 159 cm³/mol. The van der Waals surface area contributed by atoms with E-state index in [4.69, 9.17) is 16.3 Å². The lowest BCUT2D eigenvalue weighted by atomic mass is 9.83. The molecule has 9 nitrogen and oxygen atoms in total. The molecule has 224 valence electrons. The SMILES string of the molecule is CC(C)COC(=O)N[C@H](CCc1cc2c(cc1Cl)N(c1ccccc1)C[C@@H](C1CCCCC1)N(C)S2(=O)=O)C(=O)O. The number of rotatable bonds is 9. The molecule has 0 saturated heterocycles. The summed E-state index contributed by atoms with van der Waals surface area (Å²) in [5.41, 5.74) is 1.87. The summed E-state index contributed by atoms with van der Waals surface area (Å²) < 4.78 is 34.8. The molecule has 4 rings (SSSR count). The molecule has 11 heteroatoms. The first-order valence-corrected chi connectivity index (χ1v) is 16.1. The van der Waals surface area contributed by atoms with Gasteiger partial charge in [-0.25, -0.2) is 18.0 Å². The Morgan fingerprint density at radius 2 is 1.80 bits per heavy atom. The highest BCUT2D eigenvalue weighted by Gasteiger charge is 2.41. The van der Waals surface area contributed by atoms with Crippen LogP contribution in [-0.4, -0.2) is 62.2 Å². The van der Waals surface area contributed by atoms with Crippen molar-refractivity contribution in [1.29, 1.82) is 0 Å². The number of aliphatic carboxylic acids is 1. The second-order valence-corrected chi connectivity index (χ2v) is 13.8. The van der Waals surface area contributed by atoms with Crippen LogP contribution in [0.4, 0.5) is 16.2 Å². The minimum Gasteiger partial charge on any atom is -0.480 e. The zero-order chi connectivity index (χ0) is 29.7. The van der Waals surface area contributed by atoms with Crippen molar-refractivity contribution in [3.63, 3.8) is 0 Å². The number of carbonyl (C=O) groups is 2. The van der Waals surface area contributed by atoms with E-state index in [0.717, 1.165) is 31.4 Å². The van der Waals surface area contributed by atoms with Crippen molar-refractivity contribution >= 4 is 45.1 Å². The molecule has 0 spiro atoms. The Balaban J connectivity index is 1.67. The van der Waals surface area contributed by atoms with Gasteiger partial charge in [-0.2, -0.15) is 4.31 Å². The third kappa shape index (κ3) is 7.34. The lowest BCUT2D eigenvalue weighted by Crippen LogP contribution is -2.46. The second-order valence-electron chi connectivity index (χ2n) is 11.4. The Bertz CT molecular complexity index is 1330. The lowest BCUT2D eigenvalue weighted by Gasteiger charge is -2.36. The van der Waals surface area contributed by atoms with Crippen LogP contribution in [0.1, 0.15) is 57.9 Å². The molecule has 2 N–H and O–H groups in total. The van der Waals surface area contributed by atoms with Crippen LogP contribution in [0.25, 0.3) is 0 Å². The maximum Gasteiger partial charge on any atom is 0.407 e. The number of halogens is 1. The number of ether oxygens (including phenoxy) is 1. The van der Waals surface area contributed by atoms with Gasteiger partial charge in [0.2, 0.25) is 10.0 Å². The summed E-state index contributed by atoms with van der Waals surface area (Å²) >= 11 is 6.74. The third-order valence-corrected chi connectivity index (χ3v) is 10.3. The van der Waals surface area contributed by atoms with Gasteiger partial charge in [-0.15, -0.1) is 0 Å². The molecule has 2 atom stereocenters. The van der Waals surface area contributed by atoms with E-state index in [9.17, 15) is 23.1 Å². The number of sulfonamides is 1. The maximum absolute atomic E-state index is 14.1. The third-order valence-electron chi connectivity index (χ3n) is 8.01. The molecule has 1 aliphatic heterocycles. The number of carboxylic acids is 1. The Labute approximate surface area is 247 Å². The Hall–Kier alpha value is -2.82. The number of anilines is 2. The van der Waals surface area contributed by atoms with Crippen LogP contribution >= 0.6 is 11.6 Å². The number of carboxylic acid groups (broad SMARTS) is 1. The van der Waals surface area contributed by atoms with Crippen LogP contribution < -0.4 is 10.2 Å². The smallest absolute Gasteiger partial charge is 0.407 e. The number of aryl methyl sites for hydroxylation is 1. The number of likely N-dealkylation sites (N-methyl/N-ethyl adjacent to an activating group) is 1. The molecule has 1 fully saturated rings. The first-order valence-electron chi connectivity index (χ1n) is 14.3. The zero-order valence-corrected chi connectivity index (χ0v) is 25.5. The van der Waals surface area contributed by atoms with E-state index in [-0.39, 0.29) is 42.2 Å². The van der Waals surface area contributed by atoms with Crippen LogP contribution in [0.2, 0.25) is 5.02 Å². The first-order chi connectivity index (χ1) is 19.5. The van der Waals surface area contributed by atoms with E-state index >= 15 is 0 Å². The number of alkyl carbamates (subject to hydrolysis) is 1. The molecule has 0 bridgehead atoms. The van der Waals surface area contributed by atoms with Gasteiger partial charge >= 0.3 is 12.1 Å². The summed E-state index contributed by atoms with van der Waals surface area (Å²) in [6.07, 6.45) is 4.66. The van der Waals surface area contributed by atoms with Gasteiger partial charge in [0, 0.05) is 30.3 Å². The van der Waals surface area contributed by atoms with Gasteiger partial charge < -0.3 is 20.1 Å². The summed E-state index contributed by atoms with van der Waals surface area (Å²) in [5, 5.41) is 12.4. The van der Waals surface area contributed by atoms with Gasteiger partial charge in [0.15, 0.2) is 0 Å². The Morgan fingerprint density at radius 3 is 2.44 bits per heavy atom. The Morgan fingerprint density at radius 1 is 1.12 bits per heavy atom. The number of nitrogens with one attached hydrogen (secondary N) is 1. The van der Waals surface area contributed by atoms with Crippen LogP contribution in [0, 0.1) is 11.8 Å². The average Bonchev–Trinajstić information content (AvgIpc) is 3.03. The number of hydrogen-bond acceptors (Lipinski definition) is 6. The molecular weight excluding hydrogens is 566 g/mol. The zero-order valence-electron chi connectivity index (χ0n) is 23.9. The van der Waals surface area contributed by atoms with Crippen molar-refractivity contribution in [1.82, 2.24) is 9.62 Å². The van der Waals surface area contributed by atoms with E-state index in [1.165, 1.54) is 10.7 Å². The molecule has 2 aromatic rings. The average molecular weight is 606 g/mol. The van der Waals surface area contributed by atoms with E-state index in [2.05, 4.69) is 5.32 Å². The largest absolute Gasteiger partial charge is 0.480 e. The predicted octanol–water partition coefficient (Wildman–Crippen LogP) is 5.83. The highest BCUT2D eigenvalue weighted by atomic mass is 35.5. The van der Waals surface area contributed by atoms with E-state index in [0.29, 0.717) is 22.8 Å². The Kier molecular flexibility index (Phi) is 10.2. The molecule has 0 radical (unpaired) electrons. The van der Waals surface area contributed by atoms with Crippen LogP contribution in [0.5, 0.6) is 0 Å². The summed E-state index contributed by atoms with van der Waals surface area (Å²) in [6.45, 7) is 4.42. The number of hydrogen-bond donors (Lipinski definition) is 2. The van der Waals surface area contributed by atoms with Crippen molar-refractivity contribution in [2.45, 2.75) is 75.8 Å². The molecule has 1 saturated carbocycles. The van der Waals surface area contributed by atoms with Crippen molar-refractivity contribution in [3.05, 3.63) is 53.1 Å². The highest BCUT2D eigenvalue weighted by molar-refractivity contribution is 7.89. The topological polar surface area (TPSA) is 116 Å². The van der Waals surface area contributed by atoms with Gasteiger partial charge in [-0.05, 0) is 67.3 Å². The van der Waals surface area contributed by atoms with Gasteiger partial charge in [0.1, 0.15) is 10.9 Å². The van der Waals surface area contributed by atoms with E-state index in [1.807, 2.05) is 49.1 Å². The number of benzene rings is 2.